The lowest BCUT2D eigenvalue weighted by Crippen LogP contribution is -2.30. The van der Waals surface area contributed by atoms with Crippen LogP contribution in [-0.2, 0) is 4.84 Å². The van der Waals surface area contributed by atoms with Crippen molar-refractivity contribution in [2.45, 2.75) is 13.0 Å². The van der Waals surface area contributed by atoms with Crippen molar-refractivity contribution < 1.29 is 23.5 Å². The molecule has 140 valence electrons. The van der Waals surface area contributed by atoms with E-state index in [0.717, 1.165) is 9.64 Å². The highest BCUT2D eigenvalue weighted by molar-refractivity contribution is 14.1. The molecule has 1 atom stereocenters. The van der Waals surface area contributed by atoms with Crippen LogP contribution in [0.2, 0.25) is 10.0 Å². The Morgan fingerprint density at radius 3 is 2.58 bits per heavy atom. The number of benzene rings is 2. The number of hydroxylamine groups is 1. The van der Waals surface area contributed by atoms with Gasteiger partial charge in [0, 0.05) is 3.57 Å². The summed E-state index contributed by atoms with van der Waals surface area (Å²) in [5.74, 6) is -3.53. The number of carbonyl (C=O) groups excluding carboxylic acids is 1. The van der Waals surface area contributed by atoms with Crippen LogP contribution in [0.1, 0.15) is 17.3 Å². The number of aliphatic hydroxyl groups is 1. The molecule has 1 amide bonds. The average Bonchev–Trinajstić information content (AvgIpc) is 2.61. The SMILES string of the molecule is CC(CO)ONC(=O)c1cc(Cl)c(F)c(F)c1Nc1ccc(I)cc1Cl. The smallest absolute Gasteiger partial charge is 0.277 e. The van der Waals surface area contributed by atoms with Crippen LogP contribution in [0.3, 0.4) is 0 Å². The Morgan fingerprint density at radius 1 is 1.27 bits per heavy atom. The Labute approximate surface area is 171 Å². The molecule has 0 aliphatic rings. The van der Waals surface area contributed by atoms with Gasteiger partial charge in [0.1, 0.15) is 6.10 Å². The third kappa shape index (κ3) is 4.95. The maximum atomic E-state index is 14.4. The minimum atomic E-state index is -1.34. The van der Waals surface area contributed by atoms with E-state index in [2.05, 4.69) is 10.8 Å². The van der Waals surface area contributed by atoms with Crippen molar-refractivity contribution in [1.82, 2.24) is 5.48 Å². The van der Waals surface area contributed by atoms with Gasteiger partial charge in [-0.1, -0.05) is 23.2 Å². The van der Waals surface area contributed by atoms with Crippen molar-refractivity contribution in [2.75, 3.05) is 11.9 Å². The van der Waals surface area contributed by atoms with Crippen LogP contribution < -0.4 is 10.8 Å². The van der Waals surface area contributed by atoms with Crippen molar-refractivity contribution >= 4 is 63.1 Å². The predicted octanol–water partition coefficient (Wildman–Crippen LogP) is 4.66. The van der Waals surface area contributed by atoms with E-state index in [-0.39, 0.29) is 22.9 Å². The van der Waals surface area contributed by atoms with Gasteiger partial charge in [0.15, 0.2) is 11.6 Å². The van der Waals surface area contributed by atoms with E-state index in [1.165, 1.54) is 6.92 Å². The van der Waals surface area contributed by atoms with E-state index in [0.29, 0.717) is 0 Å². The third-order valence-electron chi connectivity index (χ3n) is 3.21. The standard InChI is InChI=1S/C16H13Cl2F2IN2O3/c1-7(6-24)26-23-16(25)9-5-11(18)13(19)14(20)15(9)22-12-3-2-8(21)4-10(12)17/h2-5,7,22,24H,6H2,1H3,(H,23,25). The van der Waals surface area contributed by atoms with Gasteiger partial charge < -0.3 is 10.4 Å². The number of hydrogen-bond acceptors (Lipinski definition) is 4. The summed E-state index contributed by atoms with van der Waals surface area (Å²) in [7, 11) is 0. The topological polar surface area (TPSA) is 70.6 Å². The molecule has 0 aliphatic heterocycles. The Morgan fingerprint density at radius 2 is 1.96 bits per heavy atom. The van der Waals surface area contributed by atoms with Crippen LogP contribution in [0.25, 0.3) is 0 Å². The molecule has 0 spiro atoms. The number of rotatable bonds is 6. The quantitative estimate of drug-likeness (QED) is 0.296. The van der Waals surface area contributed by atoms with Gasteiger partial charge in [-0.3, -0.25) is 9.63 Å². The average molecular weight is 517 g/mol. The second-order valence-electron chi connectivity index (χ2n) is 5.20. The first-order valence-electron chi connectivity index (χ1n) is 7.21. The van der Waals surface area contributed by atoms with E-state index in [1.807, 2.05) is 22.6 Å². The van der Waals surface area contributed by atoms with E-state index in [9.17, 15) is 13.6 Å². The van der Waals surface area contributed by atoms with Crippen LogP contribution in [0.5, 0.6) is 0 Å². The normalized spacial score (nSPS) is 12.0. The number of nitrogens with one attached hydrogen (secondary N) is 2. The first-order chi connectivity index (χ1) is 12.2. The Bertz CT molecular complexity index is 840. The Hall–Kier alpha value is -1.20. The highest BCUT2D eigenvalue weighted by Crippen LogP contribution is 2.33. The molecule has 1 unspecified atom stereocenters. The fourth-order valence-electron chi connectivity index (χ4n) is 1.87. The number of amides is 1. The maximum Gasteiger partial charge on any atom is 0.277 e. The summed E-state index contributed by atoms with van der Waals surface area (Å²) in [5, 5.41) is 11.2. The molecule has 2 rings (SSSR count). The second kappa shape index (κ2) is 9.14. The van der Waals surface area contributed by atoms with Crippen LogP contribution in [-0.4, -0.2) is 23.7 Å². The molecular formula is C16H13Cl2F2IN2O3. The van der Waals surface area contributed by atoms with Crippen LogP contribution in [0.4, 0.5) is 20.2 Å². The lowest BCUT2D eigenvalue weighted by Gasteiger charge is -2.16. The zero-order valence-corrected chi connectivity index (χ0v) is 16.9. The van der Waals surface area contributed by atoms with Crippen LogP contribution in [0, 0.1) is 15.2 Å². The molecule has 0 heterocycles. The molecule has 0 aliphatic carbocycles. The zero-order chi connectivity index (χ0) is 19.4. The van der Waals surface area contributed by atoms with Gasteiger partial charge in [-0.2, -0.15) is 0 Å². The first-order valence-corrected chi connectivity index (χ1v) is 9.04. The number of halogens is 5. The predicted molar refractivity (Wildman–Crippen MR) is 104 cm³/mol. The molecule has 2 aromatic carbocycles. The van der Waals surface area contributed by atoms with E-state index in [4.69, 9.17) is 33.1 Å². The third-order valence-corrected chi connectivity index (χ3v) is 4.47. The van der Waals surface area contributed by atoms with E-state index < -0.39 is 34.4 Å². The molecular weight excluding hydrogens is 504 g/mol. The largest absolute Gasteiger partial charge is 0.394 e. The summed E-state index contributed by atoms with van der Waals surface area (Å²) in [6.07, 6.45) is -0.693. The number of aliphatic hydroxyl groups excluding tert-OH is 1. The summed E-state index contributed by atoms with van der Waals surface area (Å²) < 4.78 is 29.1. The highest BCUT2D eigenvalue weighted by Gasteiger charge is 2.23. The Balaban J connectivity index is 2.43. The van der Waals surface area contributed by atoms with Crippen molar-refractivity contribution in [3.05, 3.63) is 55.1 Å². The fourth-order valence-corrected chi connectivity index (χ4v) is 2.96. The molecule has 26 heavy (non-hydrogen) atoms. The van der Waals surface area contributed by atoms with Gasteiger partial charge in [-0.25, -0.2) is 14.3 Å². The molecule has 0 radical (unpaired) electrons. The molecule has 0 fully saturated rings. The molecule has 0 saturated heterocycles. The van der Waals surface area contributed by atoms with Gasteiger partial charge in [-0.15, -0.1) is 0 Å². The molecule has 5 nitrogen and oxygen atoms in total. The minimum absolute atomic E-state index is 0.253. The summed E-state index contributed by atoms with van der Waals surface area (Å²) in [4.78, 5) is 17.2. The van der Waals surface area contributed by atoms with Gasteiger partial charge in [0.05, 0.1) is 33.6 Å². The number of carbonyl (C=O) groups is 1. The second-order valence-corrected chi connectivity index (χ2v) is 7.26. The lowest BCUT2D eigenvalue weighted by atomic mass is 10.1. The lowest BCUT2D eigenvalue weighted by molar-refractivity contribution is -0.0304. The molecule has 10 heteroatoms. The summed E-state index contributed by atoms with van der Waals surface area (Å²) in [6, 6.07) is 5.83. The molecule has 0 saturated carbocycles. The van der Waals surface area contributed by atoms with E-state index in [1.54, 1.807) is 18.2 Å². The van der Waals surface area contributed by atoms with Crippen LogP contribution in [0.15, 0.2) is 24.3 Å². The minimum Gasteiger partial charge on any atom is -0.394 e. The summed E-state index contributed by atoms with van der Waals surface area (Å²) in [5.41, 5.74) is 1.57. The van der Waals surface area contributed by atoms with Gasteiger partial charge in [-0.05, 0) is 53.8 Å². The molecule has 0 aromatic heterocycles. The fraction of sp³-hybridized carbons (Fsp3) is 0.188. The monoisotopic (exact) mass is 516 g/mol. The van der Waals surface area contributed by atoms with Crippen molar-refractivity contribution in [2.24, 2.45) is 0 Å². The Kier molecular flexibility index (Phi) is 7.42. The molecule has 3 N–H and O–H groups in total. The van der Waals surface area contributed by atoms with E-state index >= 15 is 0 Å². The molecule has 2 aromatic rings. The highest BCUT2D eigenvalue weighted by atomic mass is 127. The van der Waals surface area contributed by atoms with Gasteiger partial charge in [0.25, 0.3) is 5.91 Å². The number of hydrogen-bond donors (Lipinski definition) is 3. The zero-order valence-electron chi connectivity index (χ0n) is 13.2. The van der Waals surface area contributed by atoms with Crippen LogP contribution >= 0.6 is 45.8 Å². The van der Waals surface area contributed by atoms with Crippen molar-refractivity contribution in [3.63, 3.8) is 0 Å². The summed E-state index contributed by atoms with van der Waals surface area (Å²) >= 11 is 13.8. The van der Waals surface area contributed by atoms with Crippen molar-refractivity contribution in [1.29, 1.82) is 0 Å². The number of anilines is 2. The van der Waals surface area contributed by atoms with Gasteiger partial charge >= 0.3 is 0 Å². The maximum absolute atomic E-state index is 14.4. The summed E-state index contributed by atoms with van der Waals surface area (Å²) in [6.45, 7) is 1.16. The molecule has 0 bridgehead atoms. The van der Waals surface area contributed by atoms with Gasteiger partial charge in [0.2, 0.25) is 0 Å². The first kappa shape index (κ1) is 21.1. The van der Waals surface area contributed by atoms with Crippen molar-refractivity contribution in [3.8, 4) is 0 Å².